The Morgan fingerprint density at radius 3 is 1.94 bits per heavy atom. The van der Waals surface area contributed by atoms with Crippen molar-refractivity contribution in [3.8, 4) is 0 Å². The molecule has 172 valence electrons. The monoisotopic (exact) mass is 442 g/mol. The third-order valence-electron chi connectivity index (χ3n) is 6.39. The molecule has 3 aromatic carbocycles. The highest BCUT2D eigenvalue weighted by molar-refractivity contribution is 5.78. The lowest BCUT2D eigenvalue weighted by molar-refractivity contribution is -0.122. The molecule has 0 radical (unpaired) electrons. The second-order valence-corrected chi connectivity index (χ2v) is 9.11. The SMILES string of the molecule is O=C(CC(c1ccccc1)c1ccccc1)N[C@@H](Cc1ccccc1)[C@H](O)CNCC1CC1. The van der Waals surface area contributed by atoms with Crippen molar-refractivity contribution in [2.75, 3.05) is 13.1 Å². The summed E-state index contributed by atoms with van der Waals surface area (Å²) in [6, 6.07) is 30.0. The summed E-state index contributed by atoms with van der Waals surface area (Å²) < 4.78 is 0. The lowest BCUT2D eigenvalue weighted by Gasteiger charge is -2.26. The number of benzene rings is 3. The molecule has 1 saturated carbocycles. The summed E-state index contributed by atoms with van der Waals surface area (Å²) in [5.41, 5.74) is 3.34. The van der Waals surface area contributed by atoms with Crippen LogP contribution < -0.4 is 10.6 Å². The molecule has 0 unspecified atom stereocenters. The number of carbonyl (C=O) groups excluding carboxylic acids is 1. The highest BCUT2D eigenvalue weighted by Crippen LogP contribution is 2.28. The zero-order valence-electron chi connectivity index (χ0n) is 19.1. The molecule has 4 heteroatoms. The fourth-order valence-electron chi connectivity index (χ4n) is 4.30. The summed E-state index contributed by atoms with van der Waals surface area (Å²) in [5.74, 6) is 0.668. The van der Waals surface area contributed by atoms with Crippen LogP contribution in [-0.2, 0) is 11.2 Å². The second-order valence-electron chi connectivity index (χ2n) is 9.11. The van der Waals surface area contributed by atoms with Crippen molar-refractivity contribution in [3.63, 3.8) is 0 Å². The molecule has 1 aliphatic carbocycles. The fraction of sp³-hybridized carbons (Fsp3) is 0.345. The van der Waals surface area contributed by atoms with Crippen molar-refractivity contribution in [2.24, 2.45) is 5.92 Å². The summed E-state index contributed by atoms with van der Waals surface area (Å²) in [5, 5.41) is 17.5. The Kier molecular flexibility index (Phi) is 8.29. The number of aliphatic hydroxyl groups is 1. The molecule has 1 aliphatic rings. The van der Waals surface area contributed by atoms with E-state index in [1.807, 2.05) is 66.7 Å². The van der Waals surface area contributed by atoms with Gasteiger partial charge in [-0.1, -0.05) is 91.0 Å². The molecule has 3 aromatic rings. The zero-order chi connectivity index (χ0) is 22.9. The average molecular weight is 443 g/mol. The van der Waals surface area contributed by atoms with Crippen molar-refractivity contribution >= 4 is 5.91 Å². The van der Waals surface area contributed by atoms with E-state index in [-0.39, 0.29) is 17.9 Å². The summed E-state index contributed by atoms with van der Waals surface area (Å²) in [4.78, 5) is 13.3. The third kappa shape index (κ3) is 7.28. The van der Waals surface area contributed by atoms with Crippen LogP contribution in [0.5, 0.6) is 0 Å². The minimum absolute atomic E-state index is 0.0325. The molecule has 3 N–H and O–H groups in total. The molecule has 4 nitrogen and oxygen atoms in total. The van der Waals surface area contributed by atoms with Gasteiger partial charge in [-0.15, -0.1) is 0 Å². The normalized spacial score (nSPS) is 15.2. The van der Waals surface area contributed by atoms with Crippen molar-refractivity contribution < 1.29 is 9.90 Å². The summed E-state index contributed by atoms with van der Waals surface area (Å²) >= 11 is 0. The van der Waals surface area contributed by atoms with Crippen LogP contribution in [0, 0.1) is 5.92 Å². The lowest BCUT2D eigenvalue weighted by Crippen LogP contribution is -2.49. The number of aliphatic hydroxyl groups excluding tert-OH is 1. The van der Waals surface area contributed by atoms with Gasteiger partial charge in [-0.3, -0.25) is 4.79 Å². The predicted molar refractivity (Wildman–Crippen MR) is 133 cm³/mol. The van der Waals surface area contributed by atoms with Crippen molar-refractivity contribution in [3.05, 3.63) is 108 Å². The van der Waals surface area contributed by atoms with Gasteiger partial charge in [0.05, 0.1) is 12.1 Å². The molecular formula is C29H34N2O2. The van der Waals surface area contributed by atoms with E-state index in [0.29, 0.717) is 19.4 Å². The van der Waals surface area contributed by atoms with Crippen LogP contribution in [0.25, 0.3) is 0 Å². The van der Waals surface area contributed by atoms with Crippen LogP contribution in [0.15, 0.2) is 91.0 Å². The Morgan fingerprint density at radius 1 is 0.848 bits per heavy atom. The largest absolute Gasteiger partial charge is 0.390 e. The molecule has 0 bridgehead atoms. The van der Waals surface area contributed by atoms with Gasteiger partial charge in [0.2, 0.25) is 5.91 Å². The number of hydrogen-bond acceptors (Lipinski definition) is 3. The lowest BCUT2D eigenvalue weighted by atomic mass is 9.88. The summed E-state index contributed by atoms with van der Waals surface area (Å²) in [7, 11) is 0. The molecular weight excluding hydrogens is 408 g/mol. The first-order valence-electron chi connectivity index (χ1n) is 12.0. The van der Waals surface area contributed by atoms with Gasteiger partial charge in [-0.05, 0) is 48.4 Å². The minimum atomic E-state index is -0.653. The maximum atomic E-state index is 13.3. The molecule has 33 heavy (non-hydrogen) atoms. The first kappa shape index (κ1) is 23.2. The Hall–Kier alpha value is -2.95. The topological polar surface area (TPSA) is 61.4 Å². The van der Waals surface area contributed by atoms with Gasteiger partial charge in [0.15, 0.2) is 0 Å². The van der Waals surface area contributed by atoms with Crippen molar-refractivity contribution in [1.29, 1.82) is 0 Å². The quantitative estimate of drug-likeness (QED) is 0.392. The average Bonchev–Trinajstić information content (AvgIpc) is 3.68. The van der Waals surface area contributed by atoms with Gasteiger partial charge in [0.1, 0.15) is 0 Å². The highest BCUT2D eigenvalue weighted by atomic mass is 16.3. The predicted octanol–water partition coefficient (Wildman–Crippen LogP) is 4.30. The van der Waals surface area contributed by atoms with Crippen LogP contribution in [0.2, 0.25) is 0 Å². The van der Waals surface area contributed by atoms with Crippen LogP contribution in [-0.4, -0.2) is 36.2 Å². The van der Waals surface area contributed by atoms with Crippen LogP contribution in [0.4, 0.5) is 0 Å². The number of nitrogens with one attached hydrogen (secondary N) is 2. The first-order valence-corrected chi connectivity index (χ1v) is 12.0. The first-order chi connectivity index (χ1) is 16.2. The standard InChI is InChI=1S/C29H34N2O2/c32-28(21-30-20-23-16-17-23)27(18-22-10-4-1-5-11-22)31-29(33)19-26(24-12-6-2-7-13-24)25-14-8-3-9-15-25/h1-15,23,26-28,30,32H,16-21H2,(H,31,33)/t27-,28+/m0/s1. The van der Waals surface area contributed by atoms with Gasteiger partial charge < -0.3 is 15.7 Å². The third-order valence-corrected chi connectivity index (χ3v) is 6.39. The Morgan fingerprint density at radius 2 is 1.39 bits per heavy atom. The number of carbonyl (C=O) groups is 1. The zero-order valence-corrected chi connectivity index (χ0v) is 19.1. The minimum Gasteiger partial charge on any atom is -0.390 e. The molecule has 2 atom stereocenters. The van der Waals surface area contributed by atoms with Gasteiger partial charge in [0, 0.05) is 18.9 Å². The smallest absolute Gasteiger partial charge is 0.221 e. The molecule has 0 aliphatic heterocycles. The molecule has 1 amide bonds. The summed E-state index contributed by atoms with van der Waals surface area (Å²) in [6.45, 7) is 1.42. The van der Waals surface area contributed by atoms with E-state index in [9.17, 15) is 9.90 Å². The van der Waals surface area contributed by atoms with Gasteiger partial charge in [-0.25, -0.2) is 0 Å². The maximum Gasteiger partial charge on any atom is 0.221 e. The Labute approximate surface area is 197 Å². The van der Waals surface area contributed by atoms with E-state index in [2.05, 4.69) is 34.9 Å². The molecule has 0 heterocycles. The van der Waals surface area contributed by atoms with E-state index >= 15 is 0 Å². The maximum absolute atomic E-state index is 13.3. The molecule has 4 rings (SSSR count). The van der Waals surface area contributed by atoms with Gasteiger partial charge in [-0.2, -0.15) is 0 Å². The highest BCUT2D eigenvalue weighted by Gasteiger charge is 2.26. The fourth-order valence-corrected chi connectivity index (χ4v) is 4.30. The van der Waals surface area contributed by atoms with Gasteiger partial charge >= 0.3 is 0 Å². The molecule has 0 saturated heterocycles. The molecule has 0 aromatic heterocycles. The van der Waals surface area contributed by atoms with E-state index < -0.39 is 6.10 Å². The number of amides is 1. The number of rotatable bonds is 12. The summed E-state index contributed by atoms with van der Waals surface area (Å²) in [6.07, 6.45) is 2.82. The van der Waals surface area contributed by atoms with Crippen molar-refractivity contribution in [2.45, 2.75) is 43.7 Å². The molecule has 0 spiro atoms. The Bertz CT molecular complexity index is 935. The second kappa shape index (κ2) is 11.8. The van der Waals surface area contributed by atoms with Crippen LogP contribution >= 0.6 is 0 Å². The van der Waals surface area contributed by atoms with E-state index in [1.54, 1.807) is 0 Å². The van der Waals surface area contributed by atoms with Gasteiger partial charge in [0.25, 0.3) is 0 Å². The number of hydrogen-bond donors (Lipinski definition) is 3. The molecule has 1 fully saturated rings. The van der Waals surface area contributed by atoms with E-state index in [0.717, 1.165) is 29.2 Å². The Balaban J connectivity index is 1.45. The van der Waals surface area contributed by atoms with Crippen LogP contribution in [0.1, 0.15) is 41.9 Å². The van der Waals surface area contributed by atoms with E-state index in [1.165, 1.54) is 12.8 Å². The van der Waals surface area contributed by atoms with Crippen molar-refractivity contribution in [1.82, 2.24) is 10.6 Å². The van der Waals surface area contributed by atoms with Crippen LogP contribution in [0.3, 0.4) is 0 Å². The van der Waals surface area contributed by atoms with E-state index in [4.69, 9.17) is 0 Å².